The Morgan fingerprint density at radius 2 is 2.07 bits per heavy atom. The summed E-state index contributed by atoms with van der Waals surface area (Å²) in [5.41, 5.74) is 2.51. The lowest BCUT2D eigenvalue weighted by Crippen LogP contribution is -2.38. The summed E-state index contributed by atoms with van der Waals surface area (Å²) in [6, 6.07) is 6.11. The van der Waals surface area contributed by atoms with E-state index < -0.39 is 0 Å². The molecule has 2 amide bonds. The van der Waals surface area contributed by atoms with Crippen LogP contribution in [0, 0.1) is 18.7 Å². The van der Waals surface area contributed by atoms with E-state index in [-0.39, 0.29) is 36.1 Å². The number of carbonyl (C=O) groups excluding carboxylic acids is 2. The van der Waals surface area contributed by atoms with Gasteiger partial charge in [-0.2, -0.15) is 0 Å². The Balaban J connectivity index is 1.71. The third-order valence-corrected chi connectivity index (χ3v) is 5.91. The van der Waals surface area contributed by atoms with E-state index >= 15 is 0 Å². The zero-order valence-corrected chi connectivity index (χ0v) is 17.7. The van der Waals surface area contributed by atoms with Crippen LogP contribution < -0.4 is 4.90 Å². The Morgan fingerprint density at radius 3 is 2.80 bits per heavy atom. The van der Waals surface area contributed by atoms with Crippen LogP contribution in [0.5, 0.6) is 0 Å². The first-order chi connectivity index (χ1) is 14.3. The number of amides is 2. The summed E-state index contributed by atoms with van der Waals surface area (Å²) in [5.74, 6) is 0.848. The van der Waals surface area contributed by atoms with Gasteiger partial charge in [0.05, 0.1) is 12.6 Å². The average Bonchev–Trinajstić information content (AvgIpc) is 3.19. The fourth-order valence-corrected chi connectivity index (χ4v) is 4.36. The first-order valence-corrected chi connectivity index (χ1v) is 10.6. The molecule has 0 bridgehead atoms. The lowest BCUT2D eigenvalue weighted by molar-refractivity contribution is -0.135. The normalized spacial score (nSPS) is 18.8. The number of fused-ring (bicyclic) bond motifs is 1. The third kappa shape index (κ3) is 3.80. The van der Waals surface area contributed by atoms with Crippen molar-refractivity contribution in [2.45, 2.75) is 59.0 Å². The van der Waals surface area contributed by atoms with Crippen LogP contribution >= 0.6 is 0 Å². The molecule has 1 fully saturated rings. The van der Waals surface area contributed by atoms with Gasteiger partial charge in [-0.1, -0.05) is 26.0 Å². The monoisotopic (exact) mass is 410 g/mol. The van der Waals surface area contributed by atoms with Gasteiger partial charge in [-0.25, -0.2) is 14.4 Å². The summed E-state index contributed by atoms with van der Waals surface area (Å²) in [7, 11) is 0. The Bertz CT molecular complexity index is 991. The van der Waals surface area contributed by atoms with Gasteiger partial charge in [-0.3, -0.25) is 14.5 Å². The third-order valence-electron chi connectivity index (χ3n) is 5.91. The van der Waals surface area contributed by atoms with Crippen molar-refractivity contribution in [2.75, 3.05) is 11.4 Å². The molecule has 2 aliphatic rings. The lowest BCUT2D eigenvalue weighted by atomic mass is 10.0. The first kappa shape index (κ1) is 20.4. The molecule has 7 heteroatoms. The van der Waals surface area contributed by atoms with Crippen LogP contribution in [0.2, 0.25) is 0 Å². The number of aromatic nitrogens is 2. The number of rotatable bonds is 4. The molecule has 158 valence electrons. The molecule has 0 saturated carbocycles. The number of anilines is 1. The fraction of sp³-hybridized carbons (Fsp3) is 0.478. The number of likely N-dealkylation sites (tertiary alicyclic amines) is 1. The van der Waals surface area contributed by atoms with E-state index in [1.54, 1.807) is 17.0 Å². The van der Waals surface area contributed by atoms with Gasteiger partial charge in [0, 0.05) is 30.1 Å². The number of nitrogens with zero attached hydrogens (tertiary/aromatic N) is 4. The van der Waals surface area contributed by atoms with Crippen LogP contribution in [0.15, 0.2) is 24.3 Å². The second-order valence-electron chi connectivity index (χ2n) is 8.42. The van der Waals surface area contributed by atoms with Crippen molar-refractivity contribution in [3.63, 3.8) is 0 Å². The summed E-state index contributed by atoms with van der Waals surface area (Å²) in [5, 5.41) is 0. The van der Waals surface area contributed by atoms with Crippen molar-refractivity contribution < 1.29 is 14.0 Å². The Labute approximate surface area is 176 Å². The van der Waals surface area contributed by atoms with Crippen LogP contribution in [-0.2, 0) is 22.6 Å². The number of halogens is 1. The maximum atomic E-state index is 13.7. The van der Waals surface area contributed by atoms with Crippen LogP contribution in [0.25, 0.3) is 0 Å². The molecule has 2 aromatic rings. The van der Waals surface area contributed by atoms with Crippen LogP contribution in [-0.4, -0.2) is 33.2 Å². The van der Waals surface area contributed by atoms with Crippen molar-refractivity contribution >= 4 is 17.6 Å². The van der Waals surface area contributed by atoms with Gasteiger partial charge in [0.1, 0.15) is 11.6 Å². The number of hydrogen-bond donors (Lipinski definition) is 0. The molecule has 1 saturated heterocycles. The quantitative estimate of drug-likeness (QED) is 0.771. The second-order valence-corrected chi connectivity index (χ2v) is 8.42. The van der Waals surface area contributed by atoms with E-state index in [1.807, 2.05) is 25.7 Å². The highest BCUT2D eigenvalue weighted by atomic mass is 19.1. The molecule has 1 atom stereocenters. The number of benzene rings is 1. The molecule has 3 heterocycles. The zero-order chi connectivity index (χ0) is 21.4. The summed E-state index contributed by atoms with van der Waals surface area (Å²) >= 11 is 0. The minimum atomic E-state index is -0.328. The molecule has 0 radical (unpaired) electrons. The molecular weight excluding hydrogens is 383 g/mol. The Hall–Kier alpha value is -2.83. The van der Waals surface area contributed by atoms with Gasteiger partial charge in [-0.15, -0.1) is 0 Å². The standard InChI is InChI=1S/C23H27FN4O2/c1-14(2)23(30)27-11-5-8-19(27)21-25-15(3)18-9-10-20(29)28(22(18)26-21)13-16-6-4-7-17(24)12-16/h4,6-7,12,14,19H,5,8-11,13H2,1-3H3/t19-/m0/s1. The highest BCUT2D eigenvalue weighted by Gasteiger charge is 2.35. The summed E-state index contributed by atoms with van der Waals surface area (Å²) < 4.78 is 13.7. The summed E-state index contributed by atoms with van der Waals surface area (Å²) in [6.07, 6.45) is 2.70. The van der Waals surface area contributed by atoms with E-state index in [1.165, 1.54) is 12.1 Å². The Kier molecular flexibility index (Phi) is 5.54. The second kappa shape index (κ2) is 8.13. The molecule has 6 nitrogen and oxygen atoms in total. The smallest absolute Gasteiger partial charge is 0.228 e. The van der Waals surface area contributed by atoms with Gasteiger partial charge in [0.15, 0.2) is 5.82 Å². The van der Waals surface area contributed by atoms with Crippen LogP contribution in [0.3, 0.4) is 0 Å². The maximum Gasteiger partial charge on any atom is 0.228 e. The van der Waals surface area contributed by atoms with E-state index in [2.05, 4.69) is 0 Å². The SMILES string of the molecule is Cc1nc([C@@H]2CCCN2C(=O)C(C)C)nc2c1CCC(=O)N2Cc1cccc(F)c1. The van der Waals surface area contributed by atoms with Crippen LogP contribution in [0.4, 0.5) is 10.2 Å². The molecule has 30 heavy (non-hydrogen) atoms. The molecule has 0 spiro atoms. The van der Waals surface area contributed by atoms with Gasteiger partial charge in [-0.05, 0) is 43.9 Å². The molecule has 2 aliphatic heterocycles. The molecule has 0 N–H and O–H groups in total. The minimum absolute atomic E-state index is 0.0302. The van der Waals surface area contributed by atoms with Crippen molar-refractivity contribution in [1.82, 2.24) is 14.9 Å². The van der Waals surface area contributed by atoms with Crippen molar-refractivity contribution in [1.29, 1.82) is 0 Å². The van der Waals surface area contributed by atoms with Gasteiger partial charge >= 0.3 is 0 Å². The highest BCUT2D eigenvalue weighted by molar-refractivity contribution is 5.95. The largest absolute Gasteiger partial charge is 0.332 e. The zero-order valence-electron chi connectivity index (χ0n) is 17.7. The van der Waals surface area contributed by atoms with Gasteiger partial charge in [0.2, 0.25) is 11.8 Å². The number of hydrogen-bond acceptors (Lipinski definition) is 4. The minimum Gasteiger partial charge on any atom is -0.332 e. The van der Waals surface area contributed by atoms with Crippen molar-refractivity contribution in [3.05, 3.63) is 52.7 Å². The van der Waals surface area contributed by atoms with E-state index in [0.717, 1.165) is 24.1 Å². The molecule has 0 aliphatic carbocycles. The van der Waals surface area contributed by atoms with Crippen LogP contribution in [0.1, 0.15) is 61.8 Å². The van der Waals surface area contributed by atoms with Gasteiger partial charge in [0.25, 0.3) is 0 Å². The topological polar surface area (TPSA) is 66.4 Å². The predicted molar refractivity (Wildman–Crippen MR) is 111 cm³/mol. The molecule has 1 aromatic carbocycles. The fourth-order valence-electron chi connectivity index (χ4n) is 4.36. The summed E-state index contributed by atoms with van der Waals surface area (Å²) in [6.45, 7) is 6.70. The van der Waals surface area contributed by atoms with Gasteiger partial charge < -0.3 is 4.90 Å². The summed E-state index contributed by atoms with van der Waals surface area (Å²) in [4.78, 5) is 38.5. The molecule has 0 unspecified atom stereocenters. The average molecular weight is 410 g/mol. The molecular formula is C23H27FN4O2. The number of carbonyl (C=O) groups is 2. The van der Waals surface area contributed by atoms with E-state index in [9.17, 15) is 14.0 Å². The Morgan fingerprint density at radius 1 is 1.27 bits per heavy atom. The maximum absolute atomic E-state index is 13.7. The lowest BCUT2D eigenvalue weighted by Gasteiger charge is -2.31. The van der Waals surface area contributed by atoms with E-state index in [0.29, 0.717) is 36.6 Å². The van der Waals surface area contributed by atoms with Crippen molar-refractivity contribution in [3.8, 4) is 0 Å². The number of aryl methyl sites for hydroxylation is 1. The molecule has 1 aromatic heterocycles. The predicted octanol–water partition coefficient (Wildman–Crippen LogP) is 3.72. The van der Waals surface area contributed by atoms with E-state index in [4.69, 9.17) is 9.97 Å². The molecule has 4 rings (SSSR count). The first-order valence-electron chi connectivity index (χ1n) is 10.6. The highest BCUT2D eigenvalue weighted by Crippen LogP contribution is 2.35. The van der Waals surface area contributed by atoms with Crippen molar-refractivity contribution in [2.24, 2.45) is 5.92 Å².